The van der Waals surface area contributed by atoms with Gasteiger partial charge in [-0.3, -0.25) is 9.59 Å². The molecule has 2 heterocycles. The zero-order chi connectivity index (χ0) is 17.3. The van der Waals surface area contributed by atoms with Crippen LogP contribution in [0.25, 0.3) is 0 Å². The summed E-state index contributed by atoms with van der Waals surface area (Å²) in [5.41, 5.74) is 1.37. The van der Waals surface area contributed by atoms with Gasteiger partial charge in [0.2, 0.25) is 5.91 Å². The molecule has 1 N–H and O–H groups in total. The van der Waals surface area contributed by atoms with Crippen LogP contribution in [0.3, 0.4) is 0 Å². The SMILES string of the molecule is CC(C)n1cnnc1SCC(=O)N1CC(C(=O)O)c2ccccc21. The highest BCUT2D eigenvalue weighted by molar-refractivity contribution is 7.99. The molecule has 0 bridgehead atoms. The van der Waals surface area contributed by atoms with Gasteiger partial charge in [-0.2, -0.15) is 0 Å². The molecule has 0 aliphatic carbocycles. The van der Waals surface area contributed by atoms with Gasteiger partial charge in [0.15, 0.2) is 5.16 Å². The number of thioether (sulfide) groups is 1. The van der Waals surface area contributed by atoms with E-state index in [-0.39, 0.29) is 24.2 Å². The normalized spacial score (nSPS) is 16.5. The molecule has 1 atom stereocenters. The minimum absolute atomic E-state index is 0.130. The van der Waals surface area contributed by atoms with Crippen LogP contribution >= 0.6 is 11.8 Å². The van der Waals surface area contributed by atoms with E-state index in [1.807, 2.05) is 24.5 Å². The fraction of sp³-hybridized carbons (Fsp3) is 0.375. The highest BCUT2D eigenvalue weighted by Crippen LogP contribution is 2.36. The van der Waals surface area contributed by atoms with Gasteiger partial charge in [0.25, 0.3) is 0 Å². The van der Waals surface area contributed by atoms with E-state index in [1.165, 1.54) is 11.8 Å². The van der Waals surface area contributed by atoms with E-state index in [1.54, 1.807) is 29.4 Å². The molecule has 0 spiro atoms. The summed E-state index contributed by atoms with van der Waals surface area (Å²) in [6.07, 6.45) is 1.64. The maximum absolute atomic E-state index is 12.6. The molecule has 1 unspecified atom stereocenters. The van der Waals surface area contributed by atoms with Gasteiger partial charge < -0.3 is 14.6 Å². The van der Waals surface area contributed by atoms with Crippen LogP contribution in [0.15, 0.2) is 35.7 Å². The van der Waals surface area contributed by atoms with Crippen LogP contribution in [0, 0.1) is 0 Å². The van der Waals surface area contributed by atoms with Crippen LogP contribution < -0.4 is 4.90 Å². The number of aromatic nitrogens is 3. The van der Waals surface area contributed by atoms with Crippen molar-refractivity contribution in [3.63, 3.8) is 0 Å². The third-order valence-corrected chi connectivity index (χ3v) is 4.93. The number of carbonyl (C=O) groups is 2. The van der Waals surface area contributed by atoms with Gasteiger partial charge in [0.05, 0.1) is 5.75 Å². The summed E-state index contributed by atoms with van der Waals surface area (Å²) in [7, 11) is 0. The number of para-hydroxylation sites is 1. The second-order valence-electron chi connectivity index (χ2n) is 5.86. The first-order valence-electron chi connectivity index (χ1n) is 7.63. The van der Waals surface area contributed by atoms with Gasteiger partial charge in [0, 0.05) is 18.3 Å². The second kappa shape index (κ2) is 6.64. The Labute approximate surface area is 143 Å². The molecule has 1 aliphatic heterocycles. The van der Waals surface area contributed by atoms with E-state index in [9.17, 15) is 14.7 Å². The summed E-state index contributed by atoms with van der Waals surface area (Å²) in [5.74, 6) is -1.53. The Kier molecular flexibility index (Phi) is 4.57. The lowest BCUT2D eigenvalue weighted by atomic mass is 10.0. The summed E-state index contributed by atoms with van der Waals surface area (Å²) in [6.45, 7) is 4.21. The summed E-state index contributed by atoms with van der Waals surface area (Å²) < 4.78 is 1.90. The van der Waals surface area contributed by atoms with Crippen LogP contribution in [0.4, 0.5) is 5.69 Å². The van der Waals surface area contributed by atoms with Crippen LogP contribution in [0.1, 0.15) is 31.4 Å². The van der Waals surface area contributed by atoms with E-state index in [2.05, 4.69) is 10.2 Å². The summed E-state index contributed by atoms with van der Waals surface area (Å²) in [6, 6.07) is 7.37. The van der Waals surface area contributed by atoms with Gasteiger partial charge in [-0.25, -0.2) is 0 Å². The Morgan fingerprint density at radius 2 is 2.12 bits per heavy atom. The first-order valence-corrected chi connectivity index (χ1v) is 8.62. The van der Waals surface area contributed by atoms with Crippen molar-refractivity contribution < 1.29 is 14.7 Å². The highest BCUT2D eigenvalue weighted by atomic mass is 32.2. The van der Waals surface area contributed by atoms with Crippen LogP contribution in [0.2, 0.25) is 0 Å². The molecular weight excluding hydrogens is 328 g/mol. The quantitative estimate of drug-likeness (QED) is 0.835. The number of nitrogens with zero attached hydrogens (tertiary/aromatic N) is 4. The van der Waals surface area contributed by atoms with E-state index in [0.29, 0.717) is 16.4 Å². The van der Waals surface area contributed by atoms with E-state index in [0.717, 1.165) is 0 Å². The zero-order valence-corrected chi connectivity index (χ0v) is 14.2. The molecule has 0 saturated carbocycles. The Morgan fingerprint density at radius 3 is 2.83 bits per heavy atom. The van der Waals surface area contributed by atoms with Crippen molar-refractivity contribution in [1.82, 2.24) is 14.8 Å². The number of anilines is 1. The molecule has 1 aliphatic rings. The lowest BCUT2D eigenvalue weighted by Crippen LogP contribution is -2.32. The minimum atomic E-state index is -0.912. The van der Waals surface area contributed by atoms with Crippen LogP contribution in [-0.2, 0) is 9.59 Å². The number of benzene rings is 1. The van der Waals surface area contributed by atoms with Gasteiger partial charge in [0.1, 0.15) is 12.2 Å². The Morgan fingerprint density at radius 1 is 1.38 bits per heavy atom. The molecule has 8 heteroatoms. The van der Waals surface area contributed by atoms with Crippen molar-refractivity contribution in [2.45, 2.75) is 31.0 Å². The Bertz CT molecular complexity index is 774. The van der Waals surface area contributed by atoms with Crippen LogP contribution in [0.5, 0.6) is 0 Å². The first-order chi connectivity index (χ1) is 11.5. The van der Waals surface area contributed by atoms with Crippen molar-refractivity contribution in [1.29, 1.82) is 0 Å². The average molecular weight is 346 g/mol. The molecule has 126 valence electrons. The third kappa shape index (κ3) is 3.01. The van der Waals surface area contributed by atoms with Gasteiger partial charge in [-0.05, 0) is 25.5 Å². The fourth-order valence-electron chi connectivity index (χ4n) is 2.75. The molecule has 24 heavy (non-hydrogen) atoms. The predicted octanol–water partition coefficient (Wildman–Crippen LogP) is 2.17. The number of hydrogen-bond acceptors (Lipinski definition) is 5. The number of rotatable bonds is 5. The summed E-state index contributed by atoms with van der Waals surface area (Å²) in [4.78, 5) is 25.6. The standard InChI is InChI=1S/C16H18N4O3S/c1-10(2)20-9-17-18-16(20)24-8-14(21)19-7-12(15(22)23)11-5-3-4-6-13(11)19/h3-6,9-10,12H,7-8H2,1-2H3,(H,22,23). The molecular formula is C16H18N4O3S. The molecule has 1 aromatic heterocycles. The number of amides is 1. The topological polar surface area (TPSA) is 88.3 Å². The molecule has 7 nitrogen and oxygen atoms in total. The molecule has 2 aromatic rings. The third-order valence-electron chi connectivity index (χ3n) is 3.99. The molecule has 0 radical (unpaired) electrons. The highest BCUT2D eigenvalue weighted by Gasteiger charge is 2.36. The number of carboxylic acids is 1. The van der Waals surface area contributed by atoms with Gasteiger partial charge >= 0.3 is 5.97 Å². The van der Waals surface area contributed by atoms with Crippen molar-refractivity contribution in [3.05, 3.63) is 36.2 Å². The van der Waals surface area contributed by atoms with Crippen molar-refractivity contribution >= 4 is 29.3 Å². The molecule has 0 saturated heterocycles. The predicted molar refractivity (Wildman–Crippen MR) is 90.3 cm³/mol. The van der Waals surface area contributed by atoms with Crippen molar-refractivity contribution in [2.24, 2.45) is 0 Å². The van der Waals surface area contributed by atoms with E-state index in [4.69, 9.17) is 0 Å². The van der Waals surface area contributed by atoms with Crippen molar-refractivity contribution in [2.75, 3.05) is 17.2 Å². The van der Waals surface area contributed by atoms with Gasteiger partial charge in [-0.1, -0.05) is 30.0 Å². The Hall–Kier alpha value is -2.35. The largest absolute Gasteiger partial charge is 0.481 e. The average Bonchev–Trinajstić information content (AvgIpc) is 3.17. The monoisotopic (exact) mass is 346 g/mol. The summed E-state index contributed by atoms with van der Waals surface area (Å²) >= 11 is 1.31. The maximum atomic E-state index is 12.6. The molecule has 3 rings (SSSR count). The number of carboxylic acid groups (broad SMARTS) is 1. The molecule has 0 fully saturated rings. The molecule has 1 aromatic carbocycles. The number of hydrogen-bond donors (Lipinski definition) is 1. The number of aliphatic carboxylic acids is 1. The van der Waals surface area contributed by atoms with Gasteiger partial charge in [-0.15, -0.1) is 10.2 Å². The Balaban J connectivity index is 1.74. The van der Waals surface area contributed by atoms with E-state index >= 15 is 0 Å². The fourth-order valence-corrected chi connectivity index (χ4v) is 3.67. The summed E-state index contributed by atoms with van der Waals surface area (Å²) in [5, 5.41) is 18.0. The minimum Gasteiger partial charge on any atom is -0.481 e. The lowest BCUT2D eigenvalue weighted by Gasteiger charge is -2.17. The maximum Gasteiger partial charge on any atom is 0.312 e. The lowest BCUT2D eigenvalue weighted by molar-refractivity contribution is -0.138. The zero-order valence-electron chi connectivity index (χ0n) is 13.4. The van der Waals surface area contributed by atoms with Crippen molar-refractivity contribution in [3.8, 4) is 0 Å². The van der Waals surface area contributed by atoms with E-state index < -0.39 is 11.9 Å². The number of carbonyl (C=O) groups excluding carboxylic acids is 1. The number of fused-ring (bicyclic) bond motifs is 1. The smallest absolute Gasteiger partial charge is 0.312 e. The second-order valence-corrected chi connectivity index (χ2v) is 6.80. The molecule has 1 amide bonds. The van der Waals surface area contributed by atoms with Crippen LogP contribution in [-0.4, -0.2) is 44.0 Å². The first kappa shape index (κ1) is 16.5.